The van der Waals surface area contributed by atoms with Gasteiger partial charge in [-0.1, -0.05) is 11.6 Å². The fraction of sp³-hybridized carbons (Fsp3) is 0.200. The second-order valence-electron chi connectivity index (χ2n) is 3.51. The average Bonchev–Trinajstić information content (AvgIpc) is 2.62. The maximum Gasteiger partial charge on any atom is 0.214 e. The fourth-order valence-electron chi connectivity index (χ4n) is 1.29. The zero-order chi connectivity index (χ0) is 12.4. The van der Waals surface area contributed by atoms with E-state index in [1.54, 1.807) is 12.1 Å². The van der Waals surface area contributed by atoms with Crippen molar-refractivity contribution in [1.29, 1.82) is 0 Å². The number of hydrogen-bond acceptors (Lipinski definition) is 4. The van der Waals surface area contributed by atoms with Crippen molar-refractivity contribution in [2.24, 2.45) is 0 Å². The number of ether oxygens (including phenoxy) is 1. The van der Waals surface area contributed by atoms with Gasteiger partial charge >= 0.3 is 0 Å². The Bertz CT molecular complexity index is 592. The van der Waals surface area contributed by atoms with Crippen LogP contribution in [0.15, 0.2) is 18.2 Å². The predicted octanol–water partition coefficient (Wildman–Crippen LogP) is 2.20. The summed E-state index contributed by atoms with van der Waals surface area (Å²) in [7, 11) is 0. The summed E-state index contributed by atoms with van der Waals surface area (Å²) in [6, 6.07) is 5.42. The minimum absolute atomic E-state index is 0.241. The highest BCUT2D eigenvalue weighted by molar-refractivity contribution is 7.71. The van der Waals surface area contributed by atoms with Crippen molar-refractivity contribution in [3.05, 3.63) is 39.4 Å². The number of aryl methyl sites for hydroxylation is 1. The van der Waals surface area contributed by atoms with E-state index in [1.165, 1.54) is 4.68 Å². The molecule has 3 N–H and O–H groups in total. The van der Waals surface area contributed by atoms with Crippen molar-refractivity contribution < 1.29 is 4.74 Å². The Hall–Kier alpha value is -1.53. The second-order valence-corrected chi connectivity index (χ2v) is 4.31. The number of H-pyrrole nitrogens is 1. The minimum atomic E-state index is 0.241. The number of hydrogen-bond donors (Lipinski definition) is 2. The summed E-state index contributed by atoms with van der Waals surface area (Å²) in [6.45, 7) is 2.15. The van der Waals surface area contributed by atoms with Crippen molar-refractivity contribution in [2.75, 3.05) is 5.84 Å². The van der Waals surface area contributed by atoms with E-state index in [-0.39, 0.29) is 6.61 Å². The number of nitrogens with two attached hydrogens (primary N) is 1. The van der Waals surface area contributed by atoms with Crippen molar-refractivity contribution >= 4 is 23.8 Å². The molecule has 17 heavy (non-hydrogen) atoms. The van der Waals surface area contributed by atoms with Crippen molar-refractivity contribution in [1.82, 2.24) is 14.9 Å². The lowest BCUT2D eigenvalue weighted by Gasteiger charge is -2.06. The van der Waals surface area contributed by atoms with Crippen LogP contribution in [0.1, 0.15) is 11.4 Å². The highest BCUT2D eigenvalue weighted by Gasteiger charge is 2.04. The van der Waals surface area contributed by atoms with Crippen LogP contribution in [0.3, 0.4) is 0 Å². The van der Waals surface area contributed by atoms with Gasteiger partial charge in [0.15, 0.2) is 5.82 Å². The van der Waals surface area contributed by atoms with Crippen LogP contribution in [-0.4, -0.2) is 14.9 Å². The van der Waals surface area contributed by atoms with Crippen LogP contribution < -0.4 is 10.6 Å². The maximum absolute atomic E-state index is 5.92. The van der Waals surface area contributed by atoms with Gasteiger partial charge in [0.2, 0.25) is 4.77 Å². The van der Waals surface area contributed by atoms with Gasteiger partial charge in [-0.05, 0) is 42.9 Å². The molecule has 5 nitrogen and oxygen atoms in total. The first-order chi connectivity index (χ1) is 8.08. The van der Waals surface area contributed by atoms with Gasteiger partial charge in [-0.15, -0.1) is 0 Å². The van der Waals surface area contributed by atoms with Gasteiger partial charge in [0, 0.05) is 5.02 Å². The molecule has 0 aliphatic rings. The van der Waals surface area contributed by atoms with E-state index in [2.05, 4.69) is 10.2 Å². The number of halogens is 1. The summed E-state index contributed by atoms with van der Waals surface area (Å²) in [4.78, 5) is 0. The summed E-state index contributed by atoms with van der Waals surface area (Å²) in [5.74, 6) is 6.88. The number of rotatable bonds is 3. The Balaban J connectivity index is 2.10. The molecule has 0 atom stereocenters. The third kappa shape index (κ3) is 2.59. The molecule has 0 fully saturated rings. The van der Waals surface area contributed by atoms with Gasteiger partial charge in [0.05, 0.1) is 0 Å². The monoisotopic (exact) mass is 270 g/mol. The molecule has 2 aromatic rings. The molecule has 7 heteroatoms. The Morgan fingerprint density at radius 1 is 1.59 bits per heavy atom. The molecule has 0 amide bonds. The van der Waals surface area contributed by atoms with Crippen molar-refractivity contribution in [3.8, 4) is 5.75 Å². The first-order valence-electron chi connectivity index (χ1n) is 4.88. The van der Waals surface area contributed by atoms with Gasteiger partial charge in [-0.3, -0.25) is 5.10 Å². The summed E-state index contributed by atoms with van der Waals surface area (Å²) < 4.78 is 7.17. The SMILES string of the molecule is Cc1cc(OCc2n[nH]c(=S)n2N)ccc1Cl. The van der Waals surface area contributed by atoms with Gasteiger partial charge in [0.25, 0.3) is 0 Å². The minimum Gasteiger partial charge on any atom is -0.486 e. The molecule has 0 saturated heterocycles. The van der Waals surface area contributed by atoms with Crippen molar-refractivity contribution in [2.45, 2.75) is 13.5 Å². The molecule has 1 heterocycles. The first-order valence-corrected chi connectivity index (χ1v) is 5.67. The zero-order valence-corrected chi connectivity index (χ0v) is 10.7. The average molecular weight is 271 g/mol. The van der Waals surface area contributed by atoms with Crippen LogP contribution in [0, 0.1) is 11.7 Å². The first kappa shape index (κ1) is 11.9. The van der Waals surface area contributed by atoms with Crippen LogP contribution >= 0.6 is 23.8 Å². The summed E-state index contributed by atoms with van der Waals surface area (Å²) in [5, 5.41) is 7.23. The molecule has 2 rings (SSSR count). The van der Waals surface area contributed by atoms with Crippen molar-refractivity contribution in [3.63, 3.8) is 0 Å². The van der Waals surface area contributed by atoms with E-state index in [1.807, 2.05) is 13.0 Å². The van der Waals surface area contributed by atoms with E-state index in [4.69, 9.17) is 34.4 Å². The van der Waals surface area contributed by atoms with Crippen LogP contribution in [0.5, 0.6) is 5.75 Å². The summed E-state index contributed by atoms with van der Waals surface area (Å²) in [6.07, 6.45) is 0. The van der Waals surface area contributed by atoms with E-state index in [0.29, 0.717) is 21.4 Å². The number of benzene rings is 1. The van der Waals surface area contributed by atoms with Crippen LogP contribution in [0.4, 0.5) is 0 Å². The Labute approximate surface area is 108 Å². The predicted molar refractivity (Wildman–Crippen MR) is 68.1 cm³/mol. The Morgan fingerprint density at radius 3 is 2.94 bits per heavy atom. The number of nitrogen functional groups attached to an aromatic ring is 1. The van der Waals surface area contributed by atoms with E-state index < -0.39 is 0 Å². The lowest BCUT2D eigenvalue weighted by Crippen LogP contribution is -2.14. The molecule has 0 saturated carbocycles. The van der Waals surface area contributed by atoms with Gasteiger partial charge in [-0.2, -0.15) is 5.10 Å². The summed E-state index contributed by atoms with van der Waals surface area (Å²) >= 11 is 10.8. The molecular formula is C10H11ClN4OS. The zero-order valence-electron chi connectivity index (χ0n) is 9.11. The number of aromatic amines is 1. The normalized spacial score (nSPS) is 10.5. The van der Waals surface area contributed by atoms with Gasteiger partial charge < -0.3 is 10.6 Å². The van der Waals surface area contributed by atoms with Gasteiger partial charge in [0.1, 0.15) is 12.4 Å². The maximum atomic E-state index is 5.92. The fourth-order valence-corrected chi connectivity index (χ4v) is 1.56. The third-order valence-corrected chi connectivity index (χ3v) is 2.99. The van der Waals surface area contributed by atoms with E-state index in [9.17, 15) is 0 Å². The molecule has 0 aliphatic heterocycles. The topological polar surface area (TPSA) is 68.9 Å². The number of nitrogens with one attached hydrogen (secondary N) is 1. The standard InChI is InChI=1S/C10H11ClN4OS/c1-6-4-7(2-3-8(6)11)16-5-9-13-14-10(17)15(9)12/h2-4H,5,12H2,1H3,(H,14,17). The molecule has 0 radical (unpaired) electrons. The quantitative estimate of drug-likeness (QED) is 0.663. The number of aromatic nitrogens is 3. The highest BCUT2D eigenvalue weighted by atomic mass is 35.5. The lowest BCUT2D eigenvalue weighted by atomic mass is 10.2. The Kier molecular flexibility index (Phi) is 3.35. The molecule has 1 aromatic heterocycles. The lowest BCUT2D eigenvalue weighted by molar-refractivity contribution is 0.292. The molecule has 1 aromatic carbocycles. The van der Waals surface area contributed by atoms with Crippen LogP contribution in [0.2, 0.25) is 5.02 Å². The van der Waals surface area contributed by atoms with E-state index in [0.717, 1.165) is 5.56 Å². The second kappa shape index (κ2) is 4.77. The molecular weight excluding hydrogens is 260 g/mol. The highest BCUT2D eigenvalue weighted by Crippen LogP contribution is 2.21. The summed E-state index contributed by atoms with van der Waals surface area (Å²) in [5.41, 5.74) is 0.954. The molecule has 0 bridgehead atoms. The molecule has 0 unspecified atom stereocenters. The molecule has 0 spiro atoms. The smallest absolute Gasteiger partial charge is 0.214 e. The largest absolute Gasteiger partial charge is 0.486 e. The van der Waals surface area contributed by atoms with E-state index >= 15 is 0 Å². The number of nitrogens with zero attached hydrogens (tertiary/aromatic N) is 2. The van der Waals surface area contributed by atoms with Gasteiger partial charge in [-0.25, -0.2) is 4.68 Å². The third-order valence-electron chi connectivity index (χ3n) is 2.27. The molecule has 0 aliphatic carbocycles. The van der Waals surface area contributed by atoms with Crippen LogP contribution in [0.25, 0.3) is 0 Å². The Morgan fingerprint density at radius 2 is 2.35 bits per heavy atom. The van der Waals surface area contributed by atoms with Crippen LogP contribution in [-0.2, 0) is 6.61 Å². The molecule has 90 valence electrons.